The van der Waals surface area contributed by atoms with Gasteiger partial charge in [-0.1, -0.05) is 13.8 Å². The average molecular weight is 397 g/mol. The minimum Gasteiger partial charge on any atom is -0.494 e. The van der Waals surface area contributed by atoms with Crippen LogP contribution < -0.4 is 20.9 Å². The van der Waals surface area contributed by atoms with Crippen LogP contribution in [-0.4, -0.2) is 31.8 Å². The highest BCUT2D eigenvalue weighted by atomic mass is 16.5. The van der Waals surface area contributed by atoms with E-state index >= 15 is 0 Å². The third-order valence-electron chi connectivity index (χ3n) is 5.35. The molecule has 0 radical (unpaired) electrons. The Morgan fingerprint density at radius 1 is 1.14 bits per heavy atom. The van der Waals surface area contributed by atoms with Crippen LogP contribution in [-0.2, 0) is 20.1 Å². The molecule has 8 heteroatoms. The van der Waals surface area contributed by atoms with Crippen LogP contribution in [0, 0.1) is 5.92 Å². The Morgan fingerprint density at radius 3 is 2.52 bits per heavy atom. The van der Waals surface area contributed by atoms with Gasteiger partial charge in [-0.3, -0.25) is 13.9 Å². The van der Waals surface area contributed by atoms with Gasteiger partial charge in [0.2, 0.25) is 5.95 Å². The second kappa shape index (κ2) is 7.42. The number of anilines is 2. The van der Waals surface area contributed by atoms with Crippen LogP contribution in [0.4, 0.5) is 11.6 Å². The Morgan fingerprint density at radius 2 is 1.86 bits per heavy atom. The van der Waals surface area contributed by atoms with Crippen molar-refractivity contribution in [2.45, 2.75) is 40.3 Å². The van der Waals surface area contributed by atoms with Gasteiger partial charge in [-0.25, -0.2) is 4.79 Å². The highest BCUT2D eigenvalue weighted by Gasteiger charge is 2.29. The summed E-state index contributed by atoms with van der Waals surface area (Å²) in [5, 5.41) is 0. The summed E-state index contributed by atoms with van der Waals surface area (Å²) in [6.07, 6.45) is 0.719. The molecule has 1 aliphatic heterocycles. The van der Waals surface area contributed by atoms with Crippen LogP contribution in [0.1, 0.15) is 27.2 Å². The quantitative estimate of drug-likeness (QED) is 0.661. The molecule has 8 nitrogen and oxygen atoms in total. The summed E-state index contributed by atoms with van der Waals surface area (Å²) >= 11 is 0. The molecule has 0 saturated carbocycles. The summed E-state index contributed by atoms with van der Waals surface area (Å²) in [6.45, 7) is 8.57. The first-order valence-corrected chi connectivity index (χ1v) is 10.2. The van der Waals surface area contributed by atoms with Crippen LogP contribution in [0.2, 0.25) is 0 Å². The number of hydrogen-bond acceptors (Lipinski definition) is 5. The summed E-state index contributed by atoms with van der Waals surface area (Å²) in [5.41, 5.74) is 1.34. The molecule has 4 rings (SSSR count). The lowest BCUT2D eigenvalue weighted by Gasteiger charge is -2.33. The molecule has 0 unspecified atom stereocenters. The topological polar surface area (TPSA) is 74.3 Å². The zero-order chi connectivity index (χ0) is 20.7. The fourth-order valence-electron chi connectivity index (χ4n) is 4.03. The number of benzene rings is 1. The molecule has 0 bridgehead atoms. The lowest BCUT2D eigenvalue weighted by molar-refractivity contribution is 0.340. The van der Waals surface area contributed by atoms with Crippen LogP contribution in [0.3, 0.4) is 0 Å². The van der Waals surface area contributed by atoms with E-state index in [-0.39, 0.29) is 11.2 Å². The summed E-state index contributed by atoms with van der Waals surface area (Å²) in [7, 11) is 1.68. The largest absolute Gasteiger partial charge is 0.494 e. The van der Waals surface area contributed by atoms with Crippen molar-refractivity contribution in [2.24, 2.45) is 13.0 Å². The number of imidazole rings is 1. The van der Waals surface area contributed by atoms with E-state index < -0.39 is 0 Å². The van der Waals surface area contributed by atoms with Gasteiger partial charge in [0, 0.05) is 32.4 Å². The molecule has 154 valence electrons. The average Bonchev–Trinajstić information content (AvgIpc) is 3.09. The zero-order valence-electron chi connectivity index (χ0n) is 17.4. The first-order valence-electron chi connectivity index (χ1n) is 10.2. The maximum atomic E-state index is 13.1. The van der Waals surface area contributed by atoms with Crippen molar-refractivity contribution in [3.8, 4) is 5.75 Å². The monoisotopic (exact) mass is 397 g/mol. The minimum atomic E-state index is -0.319. The predicted molar refractivity (Wildman–Crippen MR) is 113 cm³/mol. The van der Waals surface area contributed by atoms with Gasteiger partial charge < -0.3 is 14.2 Å². The number of aryl methyl sites for hydroxylation is 1. The first-order chi connectivity index (χ1) is 14.0. The fraction of sp³-hybridized carbons (Fsp3) is 0.476. The fourth-order valence-corrected chi connectivity index (χ4v) is 4.03. The molecular weight excluding hydrogens is 370 g/mol. The normalized spacial score (nSPS) is 16.3. The van der Waals surface area contributed by atoms with E-state index in [2.05, 4.69) is 11.8 Å². The number of fused-ring (bicyclic) bond motifs is 3. The molecule has 0 saturated heterocycles. The van der Waals surface area contributed by atoms with E-state index in [0.29, 0.717) is 42.7 Å². The van der Waals surface area contributed by atoms with Crippen molar-refractivity contribution in [3.05, 3.63) is 45.1 Å². The van der Waals surface area contributed by atoms with E-state index in [4.69, 9.17) is 9.72 Å². The standard InChI is InChI=1S/C21H27N5O3/c1-5-11-24-19(27)17-18(23(4)21(24)28)22-20-25(12-14(3)13-26(17)20)15-7-9-16(10-8-15)29-6-2/h7-10,14H,5-6,11-13H2,1-4H3/t14-/m1/s1. The summed E-state index contributed by atoms with van der Waals surface area (Å²) < 4.78 is 10.3. The van der Waals surface area contributed by atoms with Crippen molar-refractivity contribution < 1.29 is 4.74 Å². The third kappa shape index (κ3) is 3.12. The molecule has 0 aliphatic carbocycles. The molecule has 2 aromatic heterocycles. The second-order valence-electron chi connectivity index (χ2n) is 7.64. The highest BCUT2D eigenvalue weighted by Crippen LogP contribution is 2.33. The Bertz CT molecular complexity index is 1160. The SMILES string of the molecule is CCCn1c(=O)c2c(nc3n2C[C@H](C)CN3c2ccc(OCC)cc2)n(C)c1=O. The van der Waals surface area contributed by atoms with Gasteiger partial charge in [0.15, 0.2) is 11.2 Å². The number of hydrogen-bond donors (Lipinski definition) is 0. The van der Waals surface area contributed by atoms with Gasteiger partial charge in [0.05, 0.1) is 6.61 Å². The number of ether oxygens (including phenoxy) is 1. The van der Waals surface area contributed by atoms with Crippen molar-refractivity contribution in [1.29, 1.82) is 0 Å². The number of nitrogens with zero attached hydrogens (tertiary/aromatic N) is 5. The molecule has 1 atom stereocenters. The lowest BCUT2D eigenvalue weighted by atomic mass is 10.1. The smallest absolute Gasteiger partial charge is 0.332 e. The van der Waals surface area contributed by atoms with Gasteiger partial charge in [-0.05, 0) is 43.5 Å². The Hall–Kier alpha value is -3.03. The lowest BCUT2D eigenvalue weighted by Crippen LogP contribution is -2.40. The number of rotatable bonds is 5. The summed E-state index contributed by atoms with van der Waals surface area (Å²) in [6, 6.07) is 7.88. The first kappa shape index (κ1) is 19.3. The van der Waals surface area contributed by atoms with E-state index in [9.17, 15) is 9.59 Å². The van der Waals surface area contributed by atoms with E-state index in [1.165, 1.54) is 9.13 Å². The maximum Gasteiger partial charge on any atom is 0.332 e. The third-order valence-corrected chi connectivity index (χ3v) is 5.35. The van der Waals surface area contributed by atoms with E-state index in [1.54, 1.807) is 7.05 Å². The van der Waals surface area contributed by atoms with Crippen LogP contribution >= 0.6 is 0 Å². The van der Waals surface area contributed by atoms with Crippen LogP contribution in [0.15, 0.2) is 33.9 Å². The summed E-state index contributed by atoms with van der Waals surface area (Å²) in [5.74, 6) is 1.84. The molecule has 0 N–H and O–H groups in total. The molecule has 29 heavy (non-hydrogen) atoms. The molecule has 0 fully saturated rings. The van der Waals surface area contributed by atoms with Crippen molar-refractivity contribution in [1.82, 2.24) is 18.7 Å². The van der Waals surface area contributed by atoms with E-state index in [1.807, 2.05) is 42.7 Å². The van der Waals surface area contributed by atoms with Gasteiger partial charge in [-0.2, -0.15) is 4.98 Å². The Kier molecular flexibility index (Phi) is 4.94. The van der Waals surface area contributed by atoms with Gasteiger partial charge in [-0.15, -0.1) is 0 Å². The molecule has 0 spiro atoms. The minimum absolute atomic E-state index is 0.260. The second-order valence-corrected chi connectivity index (χ2v) is 7.64. The van der Waals surface area contributed by atoms with Gasteiger partial charge in [0.25, 0.3) is 5.56 Å². The number of aromatic nitrogens is 4. The predicted octanol–water partition coefficient (Wildman–Crippen LogP) is 2.49. The molecule has 3 heterocycles. The van der Waals surface area contributed by atoms with Crippen LogP contribution in [0.25, 0.3) is 11.2 Å². The van der Waals surface area contributed by atoms with Gasteiger partial charge in [0.1, 0.15) is 5.75 Å². The maximum absolute atomic E-state index is 13.1. The van der Waals surface area contributed by atoms with Gasteiger partial charge >= 0.3 is 5.69 Å². The molecule has 1 aliphatic rings. The zero-order valence-corrected chi connectivity index (χ0v) is 17.4. The summed E-state index contributed by atoms with van der Waals surface area (Å²) in [4.78, 5) is 32.7. The molecule has 0 amide bonds. The van der Waals surface area contributed by atoms with Crippen molar-refractivity contribution in [3.63, 3.8) is 0 Å². The van der Waals surface area contributed by atoms with Crippen LogP contribution in [0.5, 0.6) is 5.75 Å². The Labute approximate surface area is 169 Å². The highest BCUT2D eigenvalue weighted by molar-refractivity contribution is 5.77. The van der Waals surface area contributed by atoms with E-state index in [0.717, 1.165) is 24.4 Å². The molecule has 1 aromatic carbocycles. The molecule has 3 aromatic rings. The van der Waals surface area contributed by atoms with Crippen molar-refractivity contribution in [2.75, 3.05) is 18.1 Å². The van der Waals surface area contributed by atoms with Crippen molar-refractivity contribution >= 4 is 22.8 Å². The molecular formula is C21H27N5O3. The Balaban J connectivity index is 1.91.